The van der Waals surface area contributed by atoms with Crippen LogP contribution in [0.5, 0.6) is 0 Å². The molecule has 1 heterocycles. The highest BCUT2D eigenvalue weighted by molar-refractivity contribution is 6.30. The van der Waals surface area contributed by atoms with Crippen LogP contribution in [0, 0.1) is 6.92 Å². The summed E-state index contributed by atoms with van der Waals surface area (Å²) in [4.78, 5) is 16.2. The SMILES string of the molecule is Cc1cc(NC(=O)C2Cc3ccccc32)cnc1Cl. The Morgan fingerprint density at radius 2 is 2.21 bits per heavy atom. The molecule has 19 heavy (non-hydrogen) atoms. The number of anilines is 1. The maximum atomic E-state index is 12.2. The molecule has 3 nitrogen and oxygen atoms in total. The highest BCUT2D eigenvalue weighted by atomic mass is 35.5. The summed E-state index contributed by atoms with van der Waals surface area (Å²) in [6.45, 7) is 1.86. The lowest BCUT2D eigenvalue weighted by atomic mass is 9.77. The van der Waals surface area contributed by atoms with E-state index in [1.54, 1.807) is 6.20 Å². The number of benzene rings is 1. The Balaban J connectivity index is 1.75. The van der Waals surface area contributed by atoms with E-state index in [-0.39, 0.29) is 11.8 Å². The molecular weight excluding hydrogens is 260 g/mol. The van der Waals surface area contributed by atoms with Crippen LogP contribution in [0.15, 0.2) is 36.5 Å². The molecule has 1 amide bonds. The van der Waals surface area contributed by atoms with Crippen molar-refractivity contribution in [2.24, 2.45) is 0 Å². The second-order valence-corrected chi connectivity index (χ2v) is 5.13. The van der Waals surface area contributed by atoms with Crippen molar-refractivity contribution >= 4 is 23.2 Å². The molecular formula is C15H13ClN2O. The van der Waals surface area contributed by atoms with Gasteiger partial charge in [0.25, 0.3) is 0 Å². The van der Waals surface area contributed by atoms with Crippen LogP contribution in [0.1, 0.15) is 22.6 Å². The number of aryl methyl sites for hydroxylation is 1. The molecule has 0 saturated carbocycles. The van der Waals surface area contributed by atoms with E-state index in [0.717, 1.165) is 17.5 Å². The van der Waals surface area contributed by atoms with Gasteiger partial charge in [0, 0.05) is 0 Å². The number of carbonyl (C=O) groups excluding carboxylic acids is 1. The molecule has 1 aromatic carbocycles. The van der Waals surface area contributed by atoms with Crippen molar-refractivity contribution < 1.29 is 4.79 Å². The minimum absolute atomic E-state index is 0.0159. The summed E-state index contributed by atoms with van der Waals surface area (Å²) in [5, 5.41) is 3.36. The van der Waals surface area contributed by atoms with Crippen LogP contribution >= 0.6 is 11.6 Å². The lowest BCUT2D eigenvalue weighted by Gasteiger charge is -2.28. The zero-order chi connectivity index (χ0) is 13.4. The van der Waals surface area contributed by atoms with Gasteiger partial charge < -0.3 is 5.32 Å². The number of aromatic nitrogens is 1. The first-order valence-corrected chi connectivity index (χ1v) is 6.54. The molecule has 0 saturated heterocycles. The molecule has 0 spiro atoms. The normalized spacial score (nSPS) is 16.4. The molecule has 3 rings (SSSR count). The molecule has 0 aliphatic heterocycles. The lowest BCUT2D eigenvalue weighted by Crippen LogP contribution is -2.30. The zero-order valence-electron chi connectivity index (χ0n) is 10.5. The van der Waals surface area contributed by atoms with Gasteiger partial charge in [-0.25, -0.2) is 4.98 Å². The summed E-state index contributed by atoms with van der Waals surface area (Å²) in [6.07, 6.45) is 2.39. The third-order valence-corrected chi connectivity index (χ3v) is 3.85. The summed E-state index contributed by atoms with van der Waals surface area (Å²) >= 11 is 5.86. The van der Waals surface area contributed by atoms with Gasteiger partial charge >= 0.3 is 0 Å². The third kappa shape index (κ3) is 2.22. The number of amides is 1. The topological polar surface area (TPSA) is 42.0 Å². The van der Waals surface area contributed by atoms with Crippen LogP contribution < -0.4 is 5.32 Å². The Labute approximate surface area is 116 Å². The van der Waals surface area contributed by atoms with E-state index in [0.29, 0.717) is 10.8 Å². The second kappa shape index (κ2) is 4.67. The van der Waals surface area contributed by atoms with E-state index < -0.39 is 0 Å². The molecule has 0 fully saturated rings. The Morgan fingerprint density at radius 3 is 2.95 bits per heavy atom. The molecule has 1 aliphatic rings. The Hall–Kier alpha value is -1.87. The average molecular weight is 273 g/mol. The van der Waals surface area contributed by atoms with E-state index in [9.17, 15) is 4.79 Å². The van der Waals surface area contributed by atoms with Gasteiger partial charge in [-0.2, -0.15) is 0 Å². The number of fused-ring (bicyclic) bond motifs is 1. The zero-order valence-corrected chi connectivity index (χ0v) is 11.2. The van der Waals surface area contributed by atoms with Gasteiger partial charge in [-0.05, 0) is 36.1 Å². The van der Waals surface area contributed by atoms with Crippen molar-refractivity contribution in [3.05, 3.63) is 58.4 Å². The van der Waals surface area contributed by atoms with E-state index >= 15 is 0 Å². The first-order chi connectivity index (χ1) is 9.15. The largest absolute Gasteiger partial charge is 0.324 e. The summed E-state index contributed by atoms with van der Waals surface area (Å²) in [6, 6.07) is 9.87. The molecule has 0 radical (unpaired) electrons. The van der Waals surface area contributed by atoms with Gasteiger partial charge in [-0.3, -0.25) is 4.79 Å². The Bertz CT molecular complexity index is 654. The lowest BCUT2D eigenvalue weighted by molar-refractivity contribution is -0.118. The first kappa shape index (κ1) is 12.2. The molecule has 1 aromatic heterocycles. The van der Waals surface area contributed by atoms with Crippen molar-refractivity contribution in [2.45, 2.75) is 19.3 Å². The highest BCUT2D eigenvalue weighted by Crippen LogP contribution is 2.35. The maximum Gasteiger partial charge on any atom is 0.232 e. The van der Waals surface area contributed by atoms with Crippen LogP contribution in [0.25, 0.3) is 0 Å². The number of nitrogens with one attached hydrogen (secondary N) is 1. The van der Waals surface area contributed by atoms with Gasteiger partial charge in [0.1, 0.15) is 5.15 Å². The van der Waals surface area contributed by atoms with Crippen molar-refractivity contribution in [2.75, 3.05) is 5.32 Å². The van der Waals surface area contributed by atoms with Crippen molar-refractivity contribution in [1.82, 2.24) is 4.98 Å². The minimum Gasteiger partial charge on any atom is -0.324 e. The Kier molecular flexibility index (Phi) is 2.99. The quantitative estimate of drug-likeness (QED) is 0.852. The number of hydrogen-bond acceptors (Lipinski definition) is 2. The number of hydrogen-bond donors (Lipinski definition) is 1. The molecule has 96 valence electrons. The summed E-state index contributed by atoms with van der Waals surface area (Å²) in [7, 11) is 0. The first-order valence-electron chi connectivity index (χ1n) is 6.16. The second-order valence-electron chi connectivity index (χ2n) is 4.78. The van der Waals surface area contributed by atoms with E-state index in [1.165, 1.54) is 5.56 Å². The molecule has 1 N–H and O–H groups in total. The van der Waals surface area contributed by atoms with Crippen LogP contribution in [-0.2, 0) is 11.2 Å². The molecule has 0 bridgehead atoms. The van der Waals surface area contributed by atoms with Gasteiger partial charge in [0.2, 0.25) is 5.91 Å². The number of carbonyl (C=O) groups is 1. The smallest absolute Gasteiger partial charge is 0.232 e. The average Bonchev–Trinajstić information content (AvgIpc) is 2.35. The van der Waals surface area contributed by atoms with E-state index in [1.807, 2.05) is 31.2 Å². The van der Waals surface area contributed by atoms with Crippen LogP contribution in [0.3, 0.4) is 0 Å². The van der Waals surface area contributed by atoms with Crippen molar-refractivity contribution in [3.8, 4) is 0 Å². The summed E-state index contributed by atoms with van der Waals surface area (Å²) < 4.78 is 0. The third-order valence-electron chi connectivity index (χ3n) is 3.45. The van der Waals surface area contributed by atoms with E-state index in [4.69, 9.17) is 11.6 Å². The number of nitrogens with zero attached hydrogens (tertiary/aromatic N) is 1. The molecule has 1 unspecified atom stereocenters. The highest BCUT2D eigenvalue weighted by Gasteiger charge is 2.31. The summed E-state index contributed by atoms with van der Waals surface area (Å²) in [5.74, 6) is -0.0330. The Morgan fingerprint density at radius 1 is 1.42 bits per heavy atom. The van der Waals surface area contributed by atoms with Crippen LogP contribution in [0.2, 0.25) is 5.15 Å². The van der Waals surface area contributed by atoms with Crippen LogP contribution in [0.4, 0.5) is 5.69 Å². The molecule has 2 aromatic rings. The van der Waals surface area contributed by atoms with Gasteiger partial charge in [0.05, 0.1) is 17.8 Å². The van der Waals surface area contributed by atoms with Crippen LogP contribution in [-0.4, -0.2) is 10.9 Å². The monoisotopic (exact) mass is 272 g/mol. The van der Waals surface area contributed by atoms with Gasteiger partial charge in [-0.15, -0.1) is 0 Å². The fraction of sp³-hybridized carbons (Fsp3) is 0.200. The molecule has 1 aliphatic carbocycles. The number of rotatable bonds is 2. The fourth-order valence-corrected chi connectivity index (χ4v) is 2.45. The molecule has 1 atom stereocenters. The maximum absolute atomic E-state index is 12.2. The standard InChI is InChI=1S/C15H13ClN2O/c1-9-6-11(8-17-14(9)16)18-15(19)13-7-10-4-2-3-5-12(10)13/h2-6,8,13H,7H2,1H3,(H,18,19). The minimum atomic E-state index is -0.0489. The number of pyridine rings is 1. The fourth-order valence-electron chi connectivity index (χ4n) is 2.35. The molecule has 4 heteroatoms. The summed E-state index contributed by atoms with van der Waals surface area (Å²) in [5.41, 5.74) is 3.93. The van der Waals surface area contributed by atoms with Gasteiger partial charge in [-0.1, -0.05) is 35.9 Å². The van der Waals surface area contributed by atoms with Crippen molar-refractivity contribution in [3.63, 3.8) is 0 Å². The van der Waals surface area contributed by atoms with Crippen molar-refractivity contribution in [1.29, 1.82) is 0 Å². The van der Waals surface area contributed by atoms with Gasteiger partial charge in [0.15, 0.2) is 0 Å². The van der Waals surface area contributed by atoms with E-state index in [2.05, 4.69) is 16.4 Å². The predicted octanol–water partition coefficient (Wildman–Crippen LogP) is 3.32. The predicted molar refractivity (Wildman–Crippen MR) is 75.5 cm³/mol. The number of halogens is 1.